The maximum Gasteiger partial charge on any atom is 0.329 e. The second-order valence-corrected chi connectivity index (χ2v) is 1.25. The van der Waals surface area contributed by atoms with Crippen LogP contribution >= 0.6 is 0 Å². The number of hydroxylamine groups is 1. The maximum absolute atomic E-state index is 11.6. The van der Waals surface area contributed by atoms with Gasteiger partial charge in [-0.2, -0.15) is 0 Å². The fourth-order valence-corrected chi connectivity index (χ4v) is 0.381. The van der Waals surface area contributed by atoms with Crippen LogP contribution in [0.15, 0.2) is 0 Å². The molecule has 1 saturated heterocycles. The molecule has 0 aromatic heterocycles. The number of carbonyl (C=O) groups excluding carboxylic acids is 1. The molecule has 4 heteroatoms. The van der Waals surface area contributed by atoms with Crippen molar-refractivity contribution >= 4 is 5.97 Å². The smallest absolute Gasteiger partial charge is 0.329 e. The average Bonchev–Trinajstić information content (AvgIpc) is 1.87. The zero-order chi connectivity index (χ0) is 5.28. The molecule has 1 fully saturated rings. The van der Waals surface area contributed by atoms with Gasteiger partial charge in [-0.25, -0.2) is 0 Å². The number of hydrogen-bond acceptors (Lipinski definition) is 3. The molecule has 0 aromatic carbocycles. The molecule has 0 atom stereocenters. The van der Waals surface area contributed by atoms with Crippen molar-refractivity contribution in [3.05, 3.63) is 0 Å². The molecule has 0 amide bonds. The van der Waals surface area contributed by atoms with E-state index in [1.807, 2.05) is 0 Å². The highest BCUT2D eigenvalue weighted by atomic mass is 19.2. The third-order valence-electron chi connectivity index (χ3n) is 0.693. The summed E-state index contributed by atoms with van der Waals surface area (Å²) < 4.78 is 11.6. The zero-order valence-electron chi connectivity index (χ0n) is 3.56. The molecular formula is C3H4FNO2. The van der Waals surface area contributed by atoms with E-state index in [1.165, 1.54) is 0 Å². The van der Waals surface area contributed by atoms with Crippen molar-refractivity contribution in [2.24, 2.45) is 0 Å². The average molecular weight is 105 g/mol. The summed E-state index contributed by atoms with van der Waals surface area (Å²) in [5.74, 6) is -0.498. The Bertz CT molecular complexity index is 94.9. The molecule has 0 radical (unpaired) electrons. The van der Waals surface area contributed by atoms with E-state index in [9.17, 15) is 9.28 Å². The normalized spacial score (nSPS) is 22.7. The second kappa shape index (κ2) is 1.46. The maximum atomic E-state index is 11.6. The molecule has 0 aliphatic carbocycles. The van der Waals surface area contributed by atoms with Crippen LogP contribution < -0.4 is 0 Å². The molecule has 0 bridgehead atoms. The Balaban J connectivity index is 2.40. The van der Waals surface area contributed by atoms with Crippen molar-refractivity contribution in [2.75, 3.05) is 6.54 Å². The molecule has 1 rings (SSSR count). The quantitative estimate of drug-likeness (QED) is 0.407. The predicted molar refractivity (Wildman–Crippen MR) is 18.5 cm³/mol. The van der Waals surface area contributed by atoms with Gasteiger partial charge in [0, 0.05) is 5.29 Å². The third-order valence-corrected chi connectivity index (χ3v) is 0.693. The van der Waals surface area contributed by atoms with Crippen LogP contribution in [0.4, 0.5) is 4.48 Å². The molecule has 3 nitrogen and oxygen atoms in total. The van der Waals surface area contributed by atoms with E-state index in [1.54, 1.807) is 0 Å². The van der Waals surface area contributed by atoms with Crippen LogP contribution in [0.1, 0.15) is 6.42 Å². The van der Waals surface area contributed by atoms with Crippen LogP contribution in [-0.2, 0) is 9.63 Å². The molecule has 40 valence electrons. The van der Waals surface area contributed by atoms with E-state index in [4.69, 9.17) is 0 Å². The first-order valence-electron chi connectivity index (χ1n) is 1.93. The van der Waals surface area contributed by atoms with Crippen LogP contribution in [0.3, 0.4) is 0 Å². The van der Waals surface area contributed by atoms with Crippen molar-refractivity contribution in [3.63, 3.8) is 0 Å². The number of nitrogens with zero attached hydrogens (tertiary/aromatic N) is 1. The van der Waals surface area contributed by atoms with Gasteiger partial charge in [-0.15, -0.1) is 0 Å². The Morgan fingerprint density at radius 3 is 2.71 bits per heavy atom. The lowest BCUT2D eigenvalue weighted by molar-refractivity contribution is -0.236. The van der Waals surface area contributed by atoms with E-state index < -0.39 is 5.97 Å². The molecule has 1 aliphatic rings. The standard InChI is InChI=1S/C3H4FNO2/c4-5-2-1-3(6)7-5/h1-2H2. The van der Waals surface area contributed by atoms with Crippen molar-refractivity contribution in [2.45, 2.75) is 6.42 Å². The molecule has 7 heavy (non-hydrogen) atoms. The molecule has 0 spiro atoms. The number of rotatable bonds is 0. The van der Waals surface area contributed by atoms with Gasteiger partial charge >= 0.3 is 5.97 Å². The molecule has 0 N–H and O–H groups in total. The molecule has 1 heterocycles. The van der Waals surface area contributed by atoms with Gasteiger partial charge in [-0.1, -0.05) is 4.48 Å². The third kappa shape index (κ3) is 0.866. The van der Waals surface area contributed by atoms with Crippen LogP contribution in [0.25, 0.3) is 0 Å². The van der Waals surface area contributed by atoms with Crippen LogP contribution in [0.2, 0.25) is 0 Å². The minimum atomic E-state index is -0.498. The lowest BCUT2D eigenvalue weighted by Crippen LogP contribution is -2.04. The van der Waals surface area contributed by atoms with E-state index in [0.29, 0.717) is 0 Å². The minimum absolute atomic E-state index is 0.0301. The molecule has 0 aromatic rings. The summed E-state index contributed by atoms with van der Waals surface area (Å²) in [6.45, 7) is 0.0683. The first kappa shape index (κ1) is 4.52. The van der Waals surface area contributed by atoms with Gasteiger partial charge in [0.2, 0.25) is 0 Å². The number of carbonyl (C=O) groups is 1. The molecule has 0 saturated carbocycles. The Morgan fingerprint density at radius 2 is 2.57 bits per heavy atom. The summed E-state index contributed by atoms with van der Waals surface area (Å²) >= 11 is 0. The van der Waals surface area contributed by atoms with Crippen molar-refractivity contribution in [1.29, 1.82) is 0 Å². The molecule has 0 unspecified atom stereocenters. The number of hydrogen-bond donors (Lipinski definition) is 0. The van der Waals surface area contributed by atoms with E-state index in [2.05, 4.69) is 4.84 Å². The first-order valence-corrected chi connectivity index (χ1v) is 1.93. The second-order valence-electron chi connectivity index (χ2n) is 1.25. The molecular weight excluding hydrogens is 101 g/mol. The Hall–Kier alpha value is -0.640. The first-order chi connectivity index (χ1) is 3.29. The highest BCUT2D eigenvalue weighted by Gasteiger charge is 2.19. The summed E-state index contributed by atoms with van der Waals surface area (Å²) in [6, 6.07) is 0. The predicted octanol–water partition coefficient (Wildman–Crippen LogP) is 0.0348. The van der Waals surface area contributed by atoms with Crippen molar-refractivity contribution in [3.8, 4) is 0 Å². The van der Waals surface area contributed by atoms with Gasteiger partial charge in [-0.05, 0) is 0 Å². The van der Waals surface area contributed by atoms with Gasteiger partial charge < -0.3 is 4.84 Å². The lowest BCUT2D eigenvalue weighted by Gasteiger charge is -1.93. The van der Waals surface area contributed by atoms with Gasteiger partial charge in [0.1, 0.15) is 0 Å². The van der Waals surface area contributed by atoms with E-state index >= 15 is 0 Å². The summed E-state index contributed by atoms with van der Waals surface area (Å²) in [5, 5.41) is 0.0301. The highest BCUT2D eigenvalue weighted by molar-refractivity contribution is 5.70. The van der Waals surface area contributed by atoms with Gasteiger partial charge in [0.25, 0.3) is 0 Å². The SMILES string of the molecule is O=C1CCN(F)O1. The Labute approximate surface area is 39.6 Å². The topological polar surface area (TPSA) is 29.5 Å². The van der Waals surface area contributed by atoms with E-state index in [0.717, 1.165) is 0 Å². The van der Waals surface area contributed by atoms with E-state index in [-0.39, 0.29) is 18.3 Å². The molecule has 1 aliphatic heterocycles. The lowest BCUT2D eigenvalue weighted by atomic mass is 10.5. The highest BCUT2D eigenvalue weighted by Crippen LogP contribution is 2.04. The van der Waals surface area contributed by atoms with Gasteiger partial charge in [0.05, 0.1) is 13.0 Å². The summed E-state index contributed by atoms with van der Waals surface area (Å²) in [7, 11) is 0. The summed E-state index contributed by atoms with van der Waals surface area (Å²) in [6.07, 6.45) is 0.163. The van der Waals surface area contributed by atoms with Crippen molar-refractivity contribution < 1.29 is 14.1 Å². The Morgan fingerprint density at radius 1 is 1.86 bits per heavy atom. The van der Waals surface area contributed by atoms with Crippen LogP contribution in [0, 0.1) is 0 Å². The Kier molecular flexibility index (Phi) is 0.941. The van der Waals surface area contributed by atoms with Gasteiger partial charge in [-0.3, -0.25) is 4.79 Å². The fraction of sp³-hybridized carbons (Fsp3) is 0.667. The van der Waals surface area contributed by atoms with Crippen LogP contribution in [-0.4, -0.2) is 17.8 Å². The number of halogens is 1. The summed E-state index contributed by atoms with van der Waals surface area (Å²) in [4.78, 5) is 13.8. The monoisotopic (exact) mass is 105 g/mol. The van der Waals surface area contributed by atoms with Gasteiger partial charge in [0.15, 0.2) is 0 Å². The van der Waals surface area contributed by atoms with Crippen molar-refractivity contribution in [1.82, 2.24) is 5.29 Å². The fourth-order valence-electron chi connectivity index (χ4n) is 0.381. The zero-order valence-corrected chi connectivity index (χ0v) is 3.56. The summed E-state index contributed by atoms with van der Waals surface area (Å²) in [5.41, 5.74) is 0. The largest absolute Gasteiger partial charge is 0.338 e. The minimum Gasteiger partial charge on any atom is -0.338 e. The van der Waals surface area contributed by atoms with Crippen LogP contribution in [0.5, 0.6) is 0 Å².